The minimum absolute atomic E-state index is 0.0414. The SMILES string of the molecule is CCOC(=O)c1c(O)c2cc(=O)c(F)cc-2cn1CC(C)(C)C. The van der Waals surface area contributed by atoms with Gasteiger partial charge in [0.25, 0.3) is 0 Å². The van der Waals surface area contributed by atoms with E-state index in [-0.39, 0.29) is 29.0 Å². The highest BCUT2D eigenvalue weighted by Gasteiger charge is 2.26. The van der Waals surface area contributed by atoms with E-state index in [1.54, 1.807) is 17.7 Å². The highest BCUT2D eigenvalue weighted by Crippen LogP contribution is 2.35. The number of hydrogen-bond donors (Lipinski definition) is 1. The van der Waals surface area contributed by atoms with Crippen molar-refractivity contribution >= 4 is 5.97 Å². The largest absolute Gasteiger partial charge is 0.505 e. The van der Waals surface area contributed by atoms with E-state index in [0.29, 0.717) is 12.1 Å². The third-order valence-electron chi connectivity index (χ3n) is 3.28. The van der Waals surface area contributed by atoms with Crippen molar-refractivity contribution in [2.75, 3.05) is 6.61 Å². The Balaban J connectivity index is 2.77. The Morgan fingerprint density at radius 2 is 2.00 bits per heavy atom. The number of carbonyl (C=O) groups excluding carboxylic acids is 1. The first-order valence-electron chi connectivity index (χ1n) is 7.37. The molecule has 0 fully saturated rings. The number of ether oxygens (including phenoxy) is 1. The summed E-state index contributed by atoms with van der Waals surface area (Å²) in [5, 5.41) is 10.5. The summed E-state index contributed by atoms with van der Waals surface area (Å²) in [6.45, 7) is 8.13. The van der Waals surface area contributed by atoms with Gasteiger partial charge in [0.1, 0.15) is 0 Å². The molecule has 0 saturated heterocycles. The van der Waals surface area contributed by atoms with Crippen molar-refractivity contribution in [1.29, 1.82) is 0 Å². The van der Waals surface area contributed by atoms with Crippen LogP contribution in [-0.2, 0) is 11.3 Å². The Hall–Kier alpha value is -2.37. The number of aromatic nitrogens is 1. The van der Waals surface area contributed by atoms with Gasteiger partial charge in [0.05, 0.1) is 6.61 Å². The normalized spacial score (nSPS) is 11.7. The van der Waals surface area contributed by atoms with E-state index in [0.717, 1.165) is 12.1 Å². The Morgan fingerprint density at radius 3 is 2.57 bits per heavy atom. The van der Waals surface area contributed by atoms with Gasteiger partial charge in [-0.2, -0.15) is 0 Å². The number of rotatable bonds is 3. The highest BCUT2D eigenvalue weighted by molar-refractivity contribution is 5.94. The molecule has 2 rings (SSSR count). The van der Waals surface area contributed by atoms with Gasteiger partial charge in [0.15, 0.2) is 17.3 Å². The van der Waals surface area contributed by atoms with E-state index in [9.17, 15) is 19.1 Å². The van der Waals surface area contributed by atoms with Crippen LogP contribution in [0.5, 0.6) is 5.75 Å². The molecule has 0 unspecified atom stereocenters. The van der Waals surface area contributed by atoms with Gasteiger partial charge in [-0.05, 0) is 18.4 Å². The maximum absolute atomic E-state index is 13.5. The Kier molecular flexibility index (Phi) is 4.45. The van der Waals surface area contributed by atoms with Crippen LogP contribution in [-0.4, -0.2) is 22.2 Å². The lowest BCUT2D eigenvalue weighted by molar-refractivity contribution is 0.0506. The first kappa shape index (κ1) is 17.0. The van der Waals surface area contributed by atoms with E-state index in [1.165, 1.54) is 0 Å². The molecule has 0 atom stereocenters. The van der Waals surface area contributed by atoms with Crippen molar-refractivity contribution in [3.05, 3.63) is 40.1 Å². The van der Waals surface area contributed by atoms with E-state index in [1.807, 2.05) is 20.8 Å². The predicted molar refractivity (Wildman–Crippen MR) is 84.4 cm³/mol. The van der Waals surface area contributed by atoms with Crippen LogP contribution in [0.25, 0.3) is 11.1 Å². The molecule has 2 aliphatic rings. The van der Waals surface area contributed by atoms with E-state index in [4.69, 9.17) is 4.74 Å². The third kappa shape index (κ3) is 3.52. The molecular weight excluding hydrogens is 301 g/mol. The number of pyridine rings is 1. The van der Waals surface area contributed by atoms with Crippen molar-refractivity contribution < 1.29 is 19.0 Å². The van der Waals surface area contributed by atoms with Gasteiger partial charge < -0.3 is 14.4 Å². The lowest BCUT2D eigenvalue weighted by Crippen LogP contribution is -2.23. The Labute approximate surface area is 133 Å². The number of benzene rings is 1. The smallest absolute Gasteiger partial charge is 0.358 e. The second-order valence-electron chi connectivity index (χ2n) is 6.61. The van der Waals surface area contributed by atoms with Crippen LogP contribution in [0.3, 0.4) is 0 Å². The molecule has 23 heavy (non-hydrogen) atoms. The van der Waals surface area contributed by atoms with Crippen molar-refractivity contribution in [2.45, 2.75) is 34.2 Å². The van der Waals surface area contributed by atoms with Crippen molar-refractivity contribution in [1.82, 2.24) is 4.57 Å². The lowest BCUT2D eigenvalue weighted by atomic mass is 9.95. The fourth-order valence-corrected chi connectivity index (χ4v) is 2.43. The standard InChI is InChI=1S/C17H20FNO4/c1-5-23-16(22)14-15(21)11-7-13(20)12(18)6-10(11)8-19(14)9-17(2,3)4/h6-8,21H,5,9H2,1-4H3. The number of halogens is 1. The summed E-state index contributed by atoms with van der Waals surface area (Å²) >= 11 is 0. The molecule has 1 N–H and O–H groups in total. The molecule has 0 bridgehead atoms. The molecule has 0 aromatic carbocycles. The van der Waals surface area contributed by atoms with Gasteiger partial charge in [-0.15, -0.1) is 0 Å². The predicted octanol–water partition coefficient (Wildman–Crippen LogP) is 3.02. The monoisotopic (exact) mass is 321 g/mol. The van der Waals surface area contributed by atoms with Crippen LogP contribution >= 0.6 is 0 Å². The minimum Gasteiger partial charge on any atom is -0.505 e. The number of hydrogen-bond acceptors (Lipinski definition) is 4. The molecule has 0 amide bonds. The average molecular weight is 321 g/mol. The second kappa shape index (κ2) is 6.02. The summed E-state index contributed by atoms with van der Waals surface area (Å²) in [5.41, 5.74) is -0.596. The molecule has 0 spiro atoms. The van der Waals surface area contributed by atoms with Gasteiger partial charge >= 0.3 is 5.97 Å². The minimum atomic E-state index is -0.900. The topological polar surface area (TPSA) is 68.5 Å². The zero-order chi connectivity index (χ0) is 17.4. The molecule has 0 aromatic rings. The molecule has 0 saturated carbocycles. The van der Waals surface area contributed by atoms with Gasteiger partial charge in [-0.3, -0.25) is 4.79 Å². The molecule has 124 valence electrons. The van der Waals surface area contributed by atoms with E-state index < -0.39 is 17.2 Å². The Bertz CT molecular complexity index is 774. The Morgan fingerprint density at radius 1 is 1.35 bits per heavy atom. The summed E-state index contributed by atoms with van der Waals surface area (Å²) in [4.78, 5) is 23.7. The third-order valence-corrected chi connectivity index (χ3v) is 3.28. The number of aromatic hydroxyl groups is 1. The number of esters is 1. The second-order valence-corrected chi connectivity index (χ2v) is 6.61. The summed E-state index contributed by atoms with van der Waals surface area (Å²) < 4.78 is 20.1. The van der Waals surface area contributed by atoms with Gasteiger partial charge in [-0.1, -0.05) is 20.8 Å². The van der Waals surface area contributed by atoms with Crippen LogP contribution in [0.1, 0.15) is 38.2 Å². The molecular formula is C17H20FNO4. The van der Waals surface area contributed by atoms with Crippen LogP contribution in [0.2, 0.25) is 0 Å². The lowest BCUT2D eigenvalue weighted by Gasteiger charge is -2.25. The highest BCUT2D eigenvalue weighted by atomic mass is 19.1. The van der Waals surface area contributed by atoms with Gasteiger partial charge in [0, 0.05) is 29.9 Å². The first-order valence-corrected chi connectivity index (χ1v) is 7.37. The quantitative estimate of drug-likeness (QED) is 0.882. The molecule has 0 aromatic heterocycles. The summed E-state index contributed by atoms with van der Waals surface area (Å²) in [6, 6.07) is 2.05. The summed E-state index contributed by atoms with van der Waals surface area (Å²) in [5.74, 6) is -1.96. The van der Waals surface area contributed by atoms with E-state index >= 15 is 0 Å². The molecule has 1 heterocycles. The molecule has 6 heteroatoms. The number of carbonyl (C=O) groups is 1. The zero-order valence-corrected chi connectivity index (χ0v) is 13.6. The molecule has 5 nitrogen and oxygen atoms in total. The molecule has 1 aliphatic heterocycles. The van der Waals surface area contributed by atoms with Crippen molar-refractivity contribution in [2.24, 2.45) is 5.41 Å². The summed E-state index contributed by atoms with van der Waals surface area (Å²) in [7, 11) is 0. The number of nitrogens with zero attached hydrogens (tertiary/aromatic N) is 1. The number of fused-ring (bicyclic) bond motifs is 1. The zero-order valence-electron chi connectivity index (χ0n) is 13.6. The van der Waals surface area contributed by atoms with Crippen LogP contribution < -0.4 is 5.43 Å². The molecule has 1 aliphatic carbocycles. The van der Waals surface area contributed by atoms with Crippen molar-refractivity contribution in [3.63, 3.8) is 0 Å². The van der Waals surface area contributed by atoms with Gasteiger partial charge in [-0.25, -0.2) is 9.18 Å². The van der Waals surface area contributed by atoms with E-state index in [2.05, 4.69) is 0 Å². The van der Waals surface area contributed by atoms with Crippen LogP contribution in [0.4, 0.5) is 4.39 Å². The fraction of sp³-hybridized carbons (Fsp3) is 0.412. The van der Waals surface area contributed by atoms with Crippen LogP contribution in [0.15, 0.2) is 23.1 Å². The van der Waals surface area contributed by atoms with Crippen LogP contribution in [0, 0.1) is 11.2 Å². The average Bonchev–Trinajstić information content (AvgIpc) is 2.40. The maximum atomic E-state index is 13.5. The van der Waals surface area contributed by atoms with Gasteiger partial charge in [0.2, 0.25) is 5.43 Å². The molecule has 0 radical (unpaired) electrons. The maximum Gasteiger partial charge on any atom is 0.358 e. The summed E-state index contributed by atoms with van der Waals surface area (Å²) in [6.07, 6.45) is 1.55. The van der Waals surface area contributed by atoms with Crippen molar-refractivity contribution in [3.8, 4) is 16.9 Å². The fourth-order valence-electron chi connectivity index (χ4n) is 2.43. The first-order chi connectivity index (χ1) is 10.6.